The number of para-hydroxylation sites is 1. The van der Waals surface area contributed by atoms with Crippen LogP contribution in [0.4, 0.5) is 0 Å². The fourth-order valence-electron chi connectivity index (χ4n) is 5.15. The molecule has 0 radical (unpaired) electrons. The molecule has 6 heteroatoms. The SMILES string of the molecule is Cc1ccc(Cn2ccsc2=NC(=O)c2c3c(nc4ccccc24)CC[NH+](Cc2ccccc2)C3)cc1. The molecule has 2 aromatic heterocycles. The molecule has 184 valence electrons. The molecule has 1 unspecified atom stereocenters. The number of aryl methyl sites for hydroxylation is 1. The van der Waals surface area contributed by atoms with E-state index in [1.807, 2.05) is 41.9 Å². The molecule has 0 spiro atoms. The summed E-state index contributed by atoms with van der Waals surface area (Å²) in [4.78, 5) is 25.7. The van der Waals surface area contributed by atoms with Gasteiger partial charge in [-0.2, -0.15) is 4.99 Å². The van der Waals surface area contributed by atoms with E-state index in [2.05, 4.69) is 65.0 Å². The van der Waals surface area contributed by atoms with Crippen LogP contribution in [0.5, 0.6) is 0 Å². The van der Waals surface area contributed by atoms with E-state index in [4.69, 9.17) is 4.98 Å². The maximum atomic E-state index is 13.9. The number of nitrogens with zero attached hydrogens (tertiary/aromatic N) is 3. The van der Waals surface area contributed by atoms with Gasteiger partial charge in [-0.05, 0) is 18.6 Å². The van der Waals surface area contributed by atoms with Gasteiger partial charge in [0.15, 0.2) is 4.80 Å². The average molecular weight is 506 g/mol. The molecule has 0 fully saturated rings. The van der Waals surface area contributed by atoms with Crippen molar-refractivity contribution in [2.24, 2.45) is 4.99 Å². The molecule has 1 N–H and O–H groups in total. The number of thiazole rings is 1. The molecule has 1 aliphatic rings. The number of carbonyl (C=O) groups excluding carboxylic acids is 1. The number of fused-ring (bicyclic) bond motifs is 2. The minimum atomic E-state index is -0.184. The highest BCUT2D eigenvalue weighted by molar-refractivity contribution is 7.07. The van der Waals surface area contributed by atoms with E-state index in [1.165, 1.54) is 32.9 Å². The van der Waals surface area contributed by atoms with Crippen LogP contribution in [-0.4, -0.2) is 22.0 Å². The second kappa shape index (κ2) is 10.2. The number of nitrogens with one attached hydrogen (secondary N) is 1. The molecule has 0 saturated heterocycles. The van der Waals surface area contributed by atoms with E-state index in [-0.39, 0.29) is 5.91 Å². The minimum absolute atomic E-state index is 0.184. The number of carbonyl (C=O) groups is 1. The molecule has 3 heterocycles. The van der Waals surface area contributed by atoms with Crippen molar-refractivity contribution >= 4 is 28.1 Å². The number of pyridine rings is 1. The monoisotopic (exact) mass is 505 g/mol. The number of benzene rings is 3. The Labute approximate surface area is 220 Å². The van der Waals surface area contributed by atoms with Crippen molar-refractivity contribution in [2.45, 2.75) is 33.0 Å². The first-order valence-electron chi connectivity index (χ1n) is 12.7. The van der Waals surface area contributed by atoms with Gasteiger partial charge in [0.2, 0.25) is 0 Å². The molecule has 0 aliphatic carbocycles. The molecule has 5 nitrogen and oxygen atoms in total. The van der Waals surface area contributed by atoms with Crippen molar-refractivity contribution in [1.82, 2.24) is 9.55 Å². The van der Waals surface area contributed by atoms with Crippen molar-refractivity contribution in [2.75, 3.05) is 6.54 Å². The van der Waals surface area contributed by atoms with E-state index in [9.17, 15) is 4.79 Å². The number of hydrogen-bond acceptors (Lipinski definition) is 3. The third-order valence-electron chi connectivity index (χ3n) is 7.06. The number of amides is 1. The predicted octanol–water partition coefficient (Wildman–Crippen LogP) is 4.34. The molecule has 1 amide bonds. The van der Waals surface area contributed by atoms with Gasteiger partial charge in [-0.15, -0.1) is 11.3 Å². The molecule has 1 atom stereocenters. The topological polar surface area (TPSA) is 51.7 Å². The fourth-order valence-corrected chi connectivity index (χ4v) is 5.88. The second-order valence-corrected chi connectivity index (χ2v) is 10.6. The smallest absolute Gasteiger partial charge is 0.280 e. The van der Waals surface area contributed by atoms with Gasteiger partial charge in [-0.3, -0.25) is 9.78 Å². The largest absolute Gasteiger partial charge is 0.327 e. The summed E-state index contributed by atoms with van der Waals surface area (Å²) in [5, 5.41) is 2.88. The van der Waals surface area contributed by atoms with Gasteiger partial charge < -0.3 is 9.47 Å². The van der Waals surface area contributed by atoms with E-state index >= 15 is 0 Å². The number of rotatable bonds is 5. The highest BCUT2D eigenvalue weighted by atomic mass is 32.1. The third kappa shape index (κ3) is 5.03. The molecule has 1 aliphatic heterocycles. The van der Waals surface area contributed by atoms with Crippen molar-refractivity contribution in [3.63, 3.8) is 0 Å². The first kappa shape index (κ1) is 23.5. The average Bonchev–Trinajstić information content (AvgIpc) is 3.35. The van der Waals surface area contributed by atoms with Crippen LogP contribution in [0.1, 0.15) is 38.3 Å². The number of hydrogen-bond donors (Lipinski definition) is 1. The Bertz CT molecular complexity index is 1630. The Balaban J connectivity index is 1.38. The van der Waals surface area contributed by atoms with Crippen molar-refractivity contribution in [3.8, 4) is 0 Å². The zero-order chi connectivity index (χ0) is 25.2. The zero-order valence-electron chi connectivity index (χ0n) is 20.9. The molecule has 3 aromatic carbocycles. The van der Waals surface area contributed by atoms with Gasteiger partial charge in [0, 0.05) is 41.1 Å². The maximum absolute atomic E-state index is 13.9. The highest BCUT2D eigenvalue weighted by Crippen LogP contribution is 2.26. The fraction of sp³-hybridized carbons (Fsp3) is 0.194. The molecule has 5 aromatic rings. The lowest BCUT2D eigenvalue weighted by Gasteiger charge is -2.27. The molecule has 0 saturated carbocycles. The van der Waals surface area contributed by atoms with E-state index in [0.717, 1.165) is 48.2 Å². The molecular formula is C31H29N4OS+. The van der Waals surface area contributed by atoms with Crippen LogP contribution in [0.15, 0.2) is 95.4 Å². The van der Waals surface area contributed by atoms with E-state index < -0.39 is 0 Å². The van der Waals surface area contributed by atoms with Gasteiger partial charge in [-0.25, -0.2) is 0 Å². The van der Waals surface area contributed by atoms with Crippen LogP contribution >= 0.6 is 11.3 Å². The Morgan fingerprint density at radius 1 is 1.00 bits per heavy atom. The lowest BCUT2D eigenvalue weighted by atomic mass is 9.95. The summed E-state index contributed by atoms with van der Waals surface area (Å²) in [6.07, 6.45) is 2.86. The minimum Gasteiger partial charge on any atom is -0.327 e. The van der Waals surface area contributed by atoms with Crippen molar-refractivity contribution < 1.29 is 9.69 Å². The van der Waals surface area contributed by atoms with Gasteiger partial charge in [0.25, 0.3) is 5.91 Å². The summed E-state index contributed by atoms with van der Waals surface area (Å²) in [6, 6.07) is 27.0. The second-order valence-electron chi connectivity index (χ2n) is 9.73. The summed E-state index contributed by atoms with van der Waals surface area (Å²) in [7, 11) is 0. The Hall–Kier alpha value is -3.87. The van der Waals surface area contributed by atoms with Crippen LogP contribution in [0.3, 0.4) is 0 Å². The van der Waals surface area contributed by atoms with Crippen LogP contribution in [0.2, 0.25) is 0 Å². The van der Waals surface area contributed by atoms with Crippen LogP contribution in [0.25, 0.3) is 10.9 Å². The lowest BCUT2D eigenvalue weighted by Crippen LogP contribution is -3.10. The first-order chi connectivity index (χ1) is 18.1. The first-order valence-corrected chi connectivity index (χ1v) is 13.6. The summed E-state index contributed by atoms with van der Waals surface area (Å²) in [5.41, 5.74) is 7.38. The van der Waals surface area contributed by atoms with E-state index in [1.54, 1.807) is 0 Å². The summed E-state index contributed by atoms with van der Waals surface area (Å²) >= 11 is 1.49. The summed E-state index contributed by atoms with van der Waals surface area (Å²) < 4.78 is 2.05. The maximum Gasteiger partial charge on any atom is 0.280 e. The standard InChI is InChI=1S/C31H28N4OS/c1-22-11-13-24(14-12-22)20-35-17-18-37-31(35)33-30(36)29-25-9-5-6-10-27(25)32-28-15-16-34(21-26(28)29)19-23-7-3-2-4-8-23/h2-14,17-18H,15-16,19-21H2,1H3/p+1. The zero-order valence-corrected chi connectivity index (χ0v) is 21.7. The highest BCUT2D eigenvalue weighted by Gasteiger charge is 2.28. The van der Waals surface area contributed by atoms with Gasteiger partial charge >= 0.3 is 0 Å². The molecule has 6 rings (SSSR count). The van der Waals surface area contributed by atoms with E-state index in [0.29, 0.717) is 16.9 Å². The quantitative estimate of drug-likeness (QED) is 0.387. The third-order valence-corrected chi connectivity index (χ3v) is 7.86. The number of aromatic nitrogens is 2. The molecule has 37 heavy (non-hydrogen) atoms. The number of quaternary nitrogens is 1. The Morgan fingerprint density at radius 2 is 1.78 bits per heavy atom. The molecule has 0 bridgehead atoms. The van der Waals surface area contributed by atoms with Gasteiger partial charge in [-0.1, -0.05) is 78.4 Å². The van der Waals surface area contributed by atoms with Gasteiger partial charge in [0.05, 0.1) is 23.3 Å². The van der Waals surface area contributed by atoms with Crippen LogP contribution in [-0.2, 0) is 26.1 Å². The molecular weight excluding hydrogens is 476 g/mol. The lowest BCUT2D eigenvalue weighted by molar-refractivity contribution is -0.929. The Kier molecular flexibility index (Phi) is 6.51. The Morgan fingerprint density at radius 3 is 2.62 bits per heavy atom. The normalized spacial score (nSPS) is 15.6. The predicted molar refractivity (Wildman–Crippen MR) is 148 cm³/mol. The summed E-state index contributed by atoms with van der Waals surface area (Å²) in [6.45, 7) is 5.47. The van der Waals surface area contributed by atoms with Gasteiger partial charge in [0.1, 0.15) is 13.1 Å². The van der Waals surface area contributed by atoms with Crippen LogP contribution in [0, 0.1) is 6.92 Å². The van der Waals surface area contributed by atoms with Crippen molar-refractivity contribution in [3.05, 3.63) is 129 Å². The van der Waals surface area contributed by atoms with Crippen molar-refractivity contribution in [1.29, 1.82) is 0 Å². The summed E-state index contributed by atoms with van der Waals surface area (Å²) in [5.74, 6) is -0.184. The van der Waals surface area contributed by atoms with Crippen LogP contribution < -0.4 is 9.70 Å².